The van der Waals surface area contributed by atoms with Crippen LogP contribution in [0.2, 0.25) is 0 Å². The molecule has 3 nitrogen and oxygen atoms in total. The molecule has 1 fully saturated rings. The van der Waals surface area contributed by atoms with Gasteiger partial charge in [0.2, 0.25) is 0 Å². The quantitative estimate of drug-likeness (QED) is 0.843. The Balaban J connectivity index is 1.94. The van der Waals surface area contributed by atoms with Crippen molar-refractivity contribution >= 4 is 0 Å². The third kappa shape index (κ3) is 3.28. The molecule has 1 unspecified atom stereocenters. The molecule has 1 aromatic rings. The lowest BCUT2D eigenvalue weighted by Crippen LogP contribution is -2.34. The summed E-state index contributed by atoms with van der Waals surface area (Å²) in [5.41, 5.74) is 8.38. The van der Waals surface area contributed by atoms with Gasteiger partial charge in [-0.3, -0.25) is 4.90 Å². The summed E-state index contributed by atoms with van der Waals surface area (Å²) in [4.78, 5) is 2.49. The predicted molar refractivity (Wildman–Crippen MR) is 69.6 cm³/mol. The Kier molecular flexibility index (Phi) is 4.54. The molecule has 1 aliphatic heterocycles. The molecule has 0 aliphatic carbocycles. The Bertz CT molecular complexity index is 337. The van der Waals surface area contributed by atoms with Crippen LogP contribution in [0.3, 0.4) is 0 Å². The lowest BCUT2D eigenvalue weighted by atomic mass is 10.1. The zero-order valence-corrected chi connectivity index (χ0v) is 10.6. The van der Waals surface area contributed by atoms with Gasteiger partial charge in [0.1, 0.15) is 0 Å². The first-order chi connectivity index (χ1) is 8.33. The molecule has 1 atom stereocenters. The van der Waals surface area contributed by atoms with Crippen LogP contribution in [0.4, 0.5) is 0 Å². The van der Waals surface area contributed by atoms with Crippen molar-refractivity contribution in [1.29, 1.82) is 0 Å². The predicted octanol–water partition coefficient (Wildman–Crippen LogP) is 1.76. The fourth-order valence-corrected chi connectivity index (χ4v) is 2.51. The molecule has 1 saturated heterocycles. The number of nitrogens with two attached hydrogens (primary N) is 1. The van der Waals surface area contributed by atoms with Gasteiger partial charge in [0.25, 0.3) is 0 Å². The maximum Gasteiger partial charge on any atom is 0.0713 e. The number of hydrogen-bond acceptors (Lipinski definition) is 3. The van der Waals surface area contributed by atoms with E-state index in [2.05, 4.69) is 29.2 Å². The molecule has 94 valence electrons. The highest BCUT2D eigenvalue weighted by Gasteiger charge is 2.22. The molecule has 0 bridgehead atoms. The van der Waals surface area contributed by atoms with Gasteiger partial charge in [-0.1, -0.05) is 24.3 Å². The van der Waals surface area contributed by atoms with Crippen LogP contribution in [0.5, 0.6) is 0 Å². The summed E-state index contributed by atoms with van der Waals surface area (Å²) in [6.45, 7) is 3.67. The highest BCUT2D eigenvalue weighted by atomic mass is 16.5. The van der Waals surface area contributed by atoms with Gasteiger partial charge in [0.15, 0.2) is 0 Å². The standard InChI is InChI=1S/C14H22N2O/c1-17-11-13-6-4-12(5-7-13)10-16-8-2-3-14(16)9-15/h4-7,14H,2-3,8-11,15H2,1H3. The van der Waals surface area contributed by atoms with Crippen molar-refractivity contribution in [1.82, 2.24) is 4.90 Å². The summed E-state index contributed by atoms with van der Waals surface area (Å²) in [5, 5.41) is 0. The second-order valence-corrected chi connectivity index (χ2v) is 4.75. The zero-order chi connectivity index (χ0) is 12.1. The van der Waals surface area contributed by atoms with Gasteiger partial charge >= 0.3 is 0 Å². The first-order valence-electron chi connectivity index (χ1n) is 6.34. The number of benzene rings is 1. The molecule has 0 amide bonds. The molecule has 0 radical (unpaired) electrons. The molecule has 1 aromatic carbocycles. The van der Waals surface area contributed by atoms with Gasteiger partial charge < -0.3 is 10.5 Å². The van der Waals surface area contributed by atoms with Crippen molar-refractivity contribution in [3.63, 3.8) is 0 Å². The molecule has 2 rings (SSSR count). The van der Waals surface area contributed by atoms with E-state index >= 15 is 0 Å². The van der Waals surface area contributed by atoms with E-state index in [1.165, 1.54) is 30.5 Å². The molecule has 1 aliphatic rings. The number of methoxy groups -OCH3 is 1. The smallest absolute Gasteiger partial charge is 0.0713 e. The van der Waals surface area contributed by atoms with Crippen LogP contribution >= 0.6 is 0 Å². The van der Waals surface area contributed by atoms with Crippen molar-refractivity contribution in [2.75, 3.05) is 20.2 Å². The molecule has 2 N–H and O–H groups in total. The molecule has 17 heavy (non-hydrogen) atoms. The van der Waals surface area contributed by atoms with E-state index in [-0.39, 0.29) is 0 Å². The largest absolute Gasteiger partial charge is 0.380 e. The molecule has 0 saturated carbocycles. The summed E-state index contributed by atoms with van der Waals surface area (Å²) in [5.74, 6) is 0. The lowest BCUT2D eigenvalue weighted by Gasteiger charge is -2.23. The molecule has 0 aromatic heterocycles. The van der Waals surface area contributed by atoms with Crippen LogP contribution in [0.15, 0.2) is 24.3 Å². The van der Waals surface area contributed by atoms with E-state index in [0.717, 1.165) is 13.1 Å². The molecular formula is C14H22N2O. The second-order valence-electron chi connectivity index (χ2n) is 4.75. The van der Waals surface area contributed by atoms with E-state index in [1.807, 2.05) is 0 Å². The van der Waals surface area contributed by atoms with E-state index in [1.54, 1.807) is 7.11 Å². The first-order valence-corrected chi connectivity index (χ1v) is 6.34. The summed E-state index contributed by atoms with van der Waals surface area (Å²) in [6, 6.07) is 9.26. The van der Waals surface area contributed by atoms with Gasteiger partial charge in [0.05, 0.1) is 6.61 Å². The van der Waals surface area contributed by atoms with Gasteiger partial charge in [-0.05, 0) is 30.5 Å². The van der Waals surface area contributed by atoms with Crippen LogP contribution in [0, 0.1) is 0 Å². The minimum atomic E-state index is 0.577. The summed E-state index contributed by atoms with van der Waals surface area (Å²) >= 11 is 0. The van der Waals surface area contributed by atoms with Gasteiger partial charge in [0, 0.05) is 26.2 Å². The van der Waals surface area contributed by atoms with Crippen molar-refractivity contribution in [2.24, 2.45) is 5.73 Å². The van der Waals surface area contributed by atoms with Crippen molar-refractivity contribution < 1.29 is 4.74 Å². The molecule has 0 spiro atoms. The van der Waals surface area contributed by atoms with E-state index in [9.17, 15) is 0 Å². The zero-order valence-electron chi connectivity index (χ0n) is 10.6. The van der Waals surface area contributed by atoms with E-state index in [0.29, 0.717) is 12.6 Å². The Morgan fingerprint density at radius 3 is 2.65 bits per heavy atom. The monoisotopic (exact) mass is 234 g/mol. The van der Waals surface area contributed by atoms with Crippen LogP contribution in [0.1, 0.15) is 24.0 Å². The van der Waals surface area contributed by atoms with E-state index < -0.39 is 0 Å². The minimum absolute atomic E-state index is 0.577. The number of nitrogens with zero attached hydrogens (tertiary/aromatic N) is 1. The van der Waals surface area contributed by atoms with Gasteiger partial charge in [-0.25, -0.2) is 0 Å². The second kappa shape index (κ2) is 6.15. The fourth-order valence-electron chi connectivity index (χ4n) is 2.51. The van der Waals surface area contributed by atoms with Crippen molar-refractivity contribution in [3.8, 4) is 0 Å². The molecular weight excluding hydrogens is 212 g/mol. The lowest BCUT2D eigenvalue weighted by molar-refractivity contribution is 0.185. The number of rotatable bonds is 5. The highest BCUT2D eigenvalue weighted by molar-refractivity contribution is 5.22. The maximum atomic E-state index is 5.78. The number of hydrogen-bond donors (Lipinski definition) is 1. The number of likely N-dealkylation sites (tertiary alicyclic amines) is 1. The van der Waals surface area contributed by atoms with E-state index in [4.69, 9.17) is 10.5 Å². The van der Waals surface area contributed by atoms with Crippen molar-refractivity contribution in [3.05, 3.63) is 35.4 Å². The SMILES string of the molecule is COCc1ccc(CN2CCCC2CN)cc1. The normalized spacial score (nSPS) is 20.9. The minimum Gasteiger partial charge on any atom is -0.380 e. The Labute approximate surface area is 104 Å². The molecule has 3 heteroatoms. The average molecular weight is 234 g/mol. The maximum absolute atomic E-state index is 5.78. The topological polar surface area (TPSA) is 38.5 Å². The Morgan fingerprint density at radius 2 is 2.00 bits per heavy atom. The average Bonchev–Trinajstić information content (AvgIpc) is 2.79. The first kappa shape index (κ1) is 12.6. The van der Waals surface area contributed by atoms with Crippen molar-refractivity contribution in [2.45, 2.75) is 32.0 Å². The number of ether oxygens (including phenoxy) is 1. The van der Waals surface area contributed by atoms with Crippen LogP contribution in [-0.4, -0.2) is 31.1 Å². The Hall–Kier alpha value is -0.900. The third-order valence-corrected chi connectivity index (χ3v) is 3.49. The van der Waals surface area contributed by atoms with Crippen LogP contribution < -0.4 is 5.73 Å². The van der Waals surface area contributed by atoms with Crippen LogP contribution in [-0.2, 0) is 17.9 Å². The van der Waals surface area contributed by atoms with Crippen LogP contribution in [0.25, 0.3) is 0 Å². The summed E-state index contributed by atoms with van der Waals surface area (Å²) < 4.78 is 5.11. The third-order valence-electron chi connectivity index (χ3n) is 3.49. The summed E-state index contributed by atoms with van der Waals surface area (Å²) in [6.07, 6.45) is 2.53. The van der Waals surface area contributed by atoms with Gasteiger partial charge in [-0.2, -0.15) is 0 Å². The summed E-state index contributed by atoms with van der Waals surface area (Å²) in [7, 11) is 1.73. The fraction of sp³-hybridized carbons (Fsp3) is 0.571. The Morgan fingerprint density at radius 1 is 1.29 bits per heavy atom. The van der Waals surface area contributed by atoms with Gasteiger partial charge in [-0.15, -0.1) is 0 Å². The molecule has 1 heterocycles. The highest BCUT2D eigenvalue weighted by Crippen LogP contribution is 2.19.